The van der Waals surface area contributed by atoms with Crippen molar-refractivity contribution in [2.24, 2.45) is 0 Å². The van der Waals surface area contributed by atoms with Crippen molar-refractivity contribution in [3.8, 4) is 5.75 Å². The summed E-state index contributed by atoms with van der Waals surface area (Å²) < 4.78 is 6.51. The van der Waals surface area contributed by atoms with E-state index < -0.39 is 4.92 Å². The molecule has 6 nitrogen and oxygen atoms in total. The monoisotopic (exact) mass is 421 g/mol. The van der Waals surface area contributed by atoms with Gasteiger partial charge in [-0.3, -0.25) is 10.1 Å². The van der Waals surface area contributed by atoms with E-state index in [9.17, 15) is 10.1 Å². The maximum Gasteiger partial charge on any atom is 0.271 e. The number of rotatable bonds is 4. The first kappa shape index (κ1) is 15.1. The molecule has 0 aliphatic carbocycles. The lowest BCUT2D eigenvalue weighted by Crippen LogP contribution is -2.01. The maximum atomic E-state index is 10.7. The van der Waals surface area contributed by atoms with Gasteiger partial charge in [-0.2, -0.15) is 5.10 Å². The minimum Gasteiger partial charge on any atom is -0.485 e. The topological polar surface area (TPSA) is 78.2 Å². The van der Waals surface area contributed by atoms with Gasteiger partial charge in [0.15, 0.2) is 5.15 Å². The first-order valence-electron chi connectivity index (χ1n) is 5.21. The van der Waals surface area contributed by atoms with Crippen molar-refractivity contribution in [3.63, 3.8) is 0 Å². The summed E-state index contributed by atoms with van der Waals surface area (Å²) in [7, 11) is 0. The summed E-state index contributed by atoms with van der Waals surface area (Å²) >= 11 is 12.1. The molecule has 0 fully saturated rings. The van der Waals surface area contributed by atoms with Crippen molar-refractivity contribution in [2.45, 2.75) is 6.61 Å². The Morgan fingerprint density at radius 1 is 1.25 bits per heavy atom. The van der Waals surface area contributed by atoms with Gasteiger partial charge in [-0.15, -0.1) is 5.10 Å². The lowest BCUT2D eigenvalue weighted by atomic mass is 10.3. The van der Waals surface area contributed by atoms with Crippen molar-refractivity contribution in [3.05, 3.63) is 54.2 Å². The molecule has 0 radical (unpaired) electrons. The van der Waals surface area contributed by atoms with Crippen LogP contribution in [0.15, 0.2) is 33.2 Å². The lowest BCUT2D eigenvalue weighted by Gasteiger charge is -2.09. The van der Waals surface area contributed by atoms with E-state index in [0.717, 1.165) is 0 Å². The lowest BCUT2D eigenvalue weighted by molar-refractivity contribution is -0.385. The largest absolute Gasteiger partial charge is 0.485 e. The van der Waals surface area contributed by atoms with Crippen LogP contribution >= 0.6 is 43.5 Å². The fourth-order valence-electron chi connectivity index (χ4n) is 1.36. The third kappa shape index (κ3) is 3.65. The molecule has 1 heterocycles. The van der Waals surface area contributed by atoms with Gasteiger partial charge in [0.2, 0.25) is 0 Å². The van der Waals surface area contributed by atoms with Gasteiger partial charge in [0, 0.05) is 12.1 Å². The van der Waals surface area contributed by atoms with Gasteiger partial charge >= 0.3 is 0 Å². The summed E-state index contributed by atoms with van der Waals surface area (Å²) in [6.45, 7) is 0.166. The van der Waals surface area contributed by atoms with E-state index in [0.29, 0.717) is 25.5 Å². The zero-order valence-electron chi connectivity index (χ0n) is 9.72. The molecule has 9 heteroatoms. The van der Waals surface area contributed by atoms with E-state index in [-0.39, 0.29) is 12.3 Å². The Morgan fingerprint density at radius 3 is 2.40 bits per heavy atom. The number of aromatic nitrogens is 2. The summed E-state index contributed by atoms with van der Waals surface area (Å²) in [5, 5.41) is 18.6. The smallest absolute Gasteiger partial charge is 0.271 e. The van der Waals surface area contributed by atoms with E-state index >= 15 is 0 Å². The van der Waals surface area contributed by atoms with Crippen molar-refractivity contribution in [1.82, 2.24) is 10.2 Å². The predicted molar refractivity (Wildman–Crippen MR) is 79.9 cm³/mol. The van der Waals surface area contributed by atoms with Gasteiger partial charge in [0.05, 0.1) is 13.9 Å². The Morgan fingerprint density at radius 2 is 1.90 bits per heavy atom. The van der Waals surface area contributed by atoms with Crippen LogP contribution in [0, 0.1) is 10.1 Å². The molecule has 0 amide bonds. The molecular formula is C11H6Br2ClN3O3. The van der Waals surface area contributed by atoms with E-state index in [1.54, 1.807) is 12.1 Å². The average molecular weight is 423 g/mol. The van der Waals surface area contributed by atoms with Crippen molar-refractivity contribution in [1.29, 1.82) is 0 Å². The van der Waals surface area contributed by atoms with Gasteiger partial charge in [-0.1, -0.05) is 11.6 Å². The van der Waals surface area contributed by atoms with Crippen LogP contribution in [0.2, 0.25) is 5.15 Å². The van der Waals surface area contributed by atoms with Crippen LogP contribution in [0.25, 0.3) is 0 Å². The number of non-ortho nitro benzene ring substituents is 1. The third-order valence-electron chi connectivity index (χ3n) is 2.25. The summed E-state index contributed by atoms with van der Waals surface area (Å²) in [5.41, 5.74) is 0.550. The highest BCUT2D eigenvalue weighted by Crippen LogP contribution is 2.37. The fraction of sp³-hybridized carbons (Fsp3) is 0.0909. The number of halogens is 3. The Hall–Kier alpha value is -1.25. The molecule has 20 heavy (non-hydrogen) atoms. The molecule has 0 bridgehead atoms. The van der Waals surface area contributed by atoms with E-state index in [4.69, 9.17) is 16.3 Å². The van der Waals surface area contributed by atoms with E-state index in [2.05, 4.69) is 42.1 Å². The zero-order valence-corrected chi connectivity index (χ0v) is 13.6. The third-order valence-corrected chi connectivity index (χ3v) is 3.63. The van der Waals surface area contributed by atoms with Crippen LogP contribution < -0.4 is 4.74 Å². The molecule has 0 saturated carbocycles. The fourth-order valence-corrected chi connectivity index (χ4v) is 2.85. The Bertz CT molecular complexity index is 629. The van der Waals surface area contributed by atoms with Crippen LogP contribution in [-0.4, -0.2) is 15.1 Å². The Balaban J connectivity index is 2.17. The highest BCUT2D eigenvalue weighted by Gasteiger charge is 2.15. The van der Waals surface area contributed by atoms with Crippen LogP contribution in [0.1, 0.15) is 5.69 Å². The van der Waals surface area contributed by atoms with Gasteiger partial charge in [0.1, 0.15) is 18.1 Å². The molecule has 0 unspecified atom stereocenters. The normalized spacial score (nSPS) is 10.3. The second-order valence-electron chi connectivity index (χ2n) is 3.63. The molecule has 2 rings (SSSR count). The first-order chi connectivity index (χ1) is 9.47. The molecule has 2 aromatic rings. The quantitative estimate of drug-likeness (QED) is 0.546. The van der Waals surface area contributed by atoms with Crippen LogP contribution in [0.3, 0.4) is 0 Å². The molecule has 0 spiro atoms. The molecule has 0 aliphatic rings. The molecule has 1 aromatic heterocycles. The number of nitro benzene ring substituents is 1. The van der Waals surface area contributed by atoms with Crippen molar-refractivity contribution >= 4 is 49.1 Å². The summed E-state index contributed by atoms with van der Waals surface area (Å²) in [6, 6.07) is 6.02. The predicted octanol–water partition coefficient (Wildman–Crippen LogP) is 4.14. The van der Waals surface area contributed by atoms with Crippen molar-refractivity contribution < 1.29 is 9.66 Å². The van der Waals surface area contributed by atoms with Gasteiger partial charge in [-0.05, 0) is 44.0 Å². The molecule has 0 aliphatic heterocycles. The van der Waals surface area contributed by atoms with Gasteiger partial charge in [-0.25, -0.2) is 0 Å². The molecule has 104 valence electrons. The number of nitro groups is 1. The second kappa shape index (κ2) is 6.47. The van der Waals surface area contributed by atoms with Gasteiger partial charge < -0.3 is 4.74 Å². The summed E-state index contributed by atoms with van der Waals surface area (Å²) in [5.74, 6) is 0.451. The summed E-state index contributed by atoms with van der Waals surface area (Å²) in [4.78, 5) is 10.2. The van der Waals surface area contributed by atoms with Crippen molar-refractivity contribution in [2.75, 3.05) is 0 Å². The minimum absolute atomic E-state index is 0.0395. The zero-order chi connectivity index (χ0) is 14.7. The Kier molecular flexibility index (Phi) is 4.90. The highest BCUT2D eigenvalue weighted by molar-refractivity contribution is 9.11. The van der Waals surface area contributed by atoms with E-state index in [1.807, 2.05) is 0 Å². The van der Waals surface area contributed by atoms with Gasteiger partial charge in [0.25, 0.3) is 5.69 Å². The number of benzene rings is 1. The number of hydrogen-bond donors (Lipinski definition) is 0. The SMILES string of the molecule is O=[N+]([O-])c1cc(Br)c(OCc2ccc(Cl)nn2)c(Br)c1. The first-order valence-corrected chi connectivity index (χ1v) is 7.18. The molecule has 0 saturated heterocycles. The number of ether oxygens (including phenoxy) is 1. The van der Waals surface area contributed by atoms with Crippen LogP contribution in [0.5, 0.6) is 5.75 Å². The molecular weight excluding hydrogens is 417 g/mol. The van der Waals surface area contributed by atoms with Crippen LogP contribution in [0.4, 0.5) is 5.69 Å². The minimum atomic E-state index is -0.482. The van der Waals surface area contributed by atoms with Crippen LogP contribution in [-0.2, 0) is 6.61 Å². The molecule has 0 N–H and O–H groups in total. The number of nitrogens with zero attached hydrogens (tertiary/aromatic N) is 3. The van der Waals surface area contributed by atoms with E-state index in [1.165, 1.54) is 12.1 Å². The maximum absolute atomic E-state index is 10.7. The average Bonchev–Trinajstić information content (AvgIpc) is 2.39. The highest BCUT2D eigenvalue weighted by atomic mass is 79.9. The molecule has 0 atom stereocenters. The standard InChI is InChI=1S/C11H6Br2ClN3O3/c12-8-3-7(17(18)19)4-9(13)11(8)20-5-6-1-2-10(14)16-15-6/h1-4H,5H2. The Labute approximate surface area is 135 Å². The molecule has 1 aromatic carbocycles. The summed E-state index contributed by atoms with van der Waals surface area (Å²) in [6.07, 6.45) is 0. The number of hydrogen-bond acceptors (Lipinski definition) is 5. The second-order valence-corrected chi connectivity index (χ2v) is 5.73.